The third kappa shape index (κ3) is 4.35. The number of anilines is 1. The first-order chi connectivity index (χ1) is 15.6. The molecular formula is C29H33INOP. The minimum Gasteiger partial charge on any atom is -0.107 e. The number of aliphatic hydroxyl groups is 1. The Morgan fingerprint density at radius 3 is 1.30 bits per heavy atom. The maximum Gasteiger partial charge on any atom is -0.107 e. The van der Waals surface area contributed by atoms with Crippen LogP contribution in [0.5, 0.6) is 0 Å². The average Bonchev–Trinajstić information content (AvgIpc) is 2.88. The number of nitrogens with zero attached hydrogens (tertiary/aromatic N) is 1. The molecule has 0 saturated carbocycles. The molecule has 0 atom stereocenters. The van der Waals surface area contributed by atoms with Gasteiger partial charge in [0.25, 0.3) is 0 Å². The van der Waals surface area contributed by atoms with Gasteiger partial charge in [-0.3, -0.25) is 0 Å². The Bertz CT molecular complexity index is 1040. The molecule has 4 aromatic rings. The van der Waals surface area contributed by atoms with Crippen molar-refractivity contribution in [2.75, 3.05) is 31.3 Å². The molecular weight excluding hydrogens is 536 g/mol. The zero-order chi connectivity index (χ0) is 22.5. The molecule has 0 aliphatic carbocycles. The molecule has 0 fully saturated rings. The smallest absolute Gasteiger partial charge is 0.107 e. The van der Waals surface area contributed by atoms with Gasteiger partial charge >= 0.3 is 192 Å². The molecule has 1 N–H and O–H groups in total. The second-order valence-electron chi connectivity index (χ2n) is 8.39. The van der Waals surface area contributed by atoms with E-state index in [-0.39, 0.29) is 30.6 Å². The summed E-state index contributed by atoms with van der Waals surface area (Å²) in [5.74, 6) is 0. The number of rotatable bonds is 8. The van der Waals surface area contributed by atoms with E-state index in [1.54, 1.807) is 0 Å². The number of benzene rings is 4. The van der Waals surface area contributed by atoms with Crippen LogP contribution in [0.4, 0.5) is 5.69 Å². The van der Waals surface area contributed by atoms with Crippen LogP contribution in [0.1, 0.15) is 6.92 Å². The van der Waals surface area contributed by atoms with Gasteiger partial charge in [0.2, 0.25) is 0 Å². The summed E-state index contributed by atoms with van der Waals surface area (Å²) in [6.45, 7) is 3.29. The van der Waals surface area contributed by atoms with Crippen molar-refractivity contribution in [3.8, 4) is 0 Å². The molecule has 0 spiro atoms. The molecule has 0 unspecified atom stereocenters. The van der Waals surface area contributed by atoms with Crippen molar-refractivity contribution in [1.29, 1.82) is 0 Å². The standard InChI is InChI=1S/C29H32NOP.HI/c1-3-30(23-24-31)25-19-21-29(22-20-25)32(2,26-13-7-4-8-14-26,27-15-9-5-10-16-27)28-17-11-6-12-18-28;/h4-22,31H,3,23-24H2,1-2H3;1H. The van der Waals surface area contributed by atoms with Gasteiger partial charge in [0, 0.05) is 0 Å². The third-order valence-electron chi connectivity index (χ3n) is 6.82. The molecule has 4 aromatic carbocycles. The Hall–Kier alpha value is -2.20. The van der Waals surface area contributed by atoms with Crippen LogP contribution in [0.2, 0.25) is 0 Å². The van der Waals surface area contributed by atoms with Crippen molar-refractivity contribution < 1.29 is 5.11 Å². The maximum absolute atomic E-state index is 9.46. The minimum atomic E-state index is -2.98. The van der Waals surface area contributed by atoms with E-state index < -0.39 is 6.60 Å². The molecule has 0 heterocycles. The van der Waals surface area contributed by atoms with Gasteiger partial charge in [-0.25, -0.2) is 0 Å². The van der Waals surface area contributed by atoms with E-state index in [0.717, 1.165) is 12.2 Å². The fraction of sp³-hybridized carbons (Fsp3) is 0.172. The summed E-state index contributed by atoms with van der Waals surface area (Å²) in [6, 6.07) is 42.0. The fourth-order valence-electron chi connectivity index (χ4n) is 4.92. The van der Waals surface area contributed by atoms with Crippen LogP contribution < -0.4 is 26.1 Å². The van der Waals surface area contributed by atoms with Crippen molar-refractivity contribution in [2.45, 2.75) is 6.92 Å². The van der Waals surface area contributed by atoms with Crippen LogP contribution in [0.15, 0.2) is 115 Å². The number of aliphatic hydroxyl groups excluding tert-OH is 1. The summed E-state index contributed by atoms with van der Waals surface area (Å²) in [6.07, 6.45) is 0. The molecule has 0 radical (unpaired) electrons. The number of hydrogen-bond acceptors (Lipinski definition) is 2. The fourth-order valence-corrected chi connectivity index (χ4v) is 10.4. The summed E-state index contributed by atoms with van der Waals surface area (Å²) < 4.78 is 0. The van der Waals surface area contributed by atoms with Crippen LogP contribution in [0.25, 0.3) is 0 Å². The van der Waals surface area contributed by atoms with E-state index in [1.165, 1.54) is 21.2 Å². The topological polar surface area (TPSA) is 23.5 Å². The summed E-state index contributed by atoms with van der Waals surface area (Å²) in [4.78, 5) is 2.21. The Balaban J connectivity index is 0.00000306. The first-order valence-corrected chi connectivity index (χ1v) is 14.0. The molecule has 172 valence electrons. The maximum atomic E-state index is 9.46. The van der Waals surface area contributed by atoms with E-state index in [2.05, 4.69) is 134 Å². The first-order valence-electron chi connectivity index (χ1n) is 11.3. The zero-order valence-corrected chi connectivity index (χ0v) is 22.6. The number of halogens is 1. The van der Waals surface area contributed by atoms with Crippen molar-refractivity contribution >= 4 is 57.5 Å². The van der Waals surface area contributed by atoms with Crippen molar-refractivity contribution in [2.24, 2.45) is 0 Å². The van der Waals surface area contributed by atoms with Crippen LogP contribution >= 0.6 is 30.6 Å². The van der Waals surface area contributed by atoms with Gasteiger partial charge in [-0.2, -0.15) is 0 Å². The van der Waals surface area contributed by atoms with Crippen LogP contribution in [0.3, 0.4) is 0 Å². The summed E-state index contributed by atoms with van der Waals surface area (Å²) in [5.41, 5.74) is 1.14. The second kappa shape index (κ2) is 10.8. The monoisotopic (exact) mass is 569 g/mol. The van der Waals surface area contributed by atoms with Gasteiger partial charge in [0.1, 0.15) is 0 Å². The van der Waals surface area contributed by atoms with E-state index in [0.29, 0.717) is 6.54 Å². The van der Waals surface area contributed by atoms with E-state index in [4.69, 9.17) is 0 Å². The molecule has 0 amide bonds. The van der Waals surface area contributed by atoms with Gasteiger partial charge in [-0.15, -0.1) is 24.0 Å². The van der Waals surface area contributed by atoms with Gasteiger partial charge in [-0.1, -0.05) is 0 Å². The second-order valence-corrected chi connectivity index (χ2v) is 13.6. The normalized spacial score (nSPS) is 12.3. The molecule has 33 heavy (non-hydrogen) atoms. The predicted octanol–water partition coefficient (Wildman–Crippen LogP) is 4.91. The van der Waals surface area contributed by atoms with Gasteiger partial charge in [-0.05, 0) is 0 Å². The third-order valence-corrected chi connectivity index (χ3v) is 13.2. The molecule has 0 saturated heterocycles. The SMILES string of the molecule is CCN(CCO)c1ccc(P(C)(c2ccccc2)(c2ccccc2)c2ccccc2)cc1.I. The molecule has 4 rings (SSSR count). The average molecular weight is 569 g/mol. The largest absolute Gasteiger partial charge is 0.107 e. The van der Waals surface area contributed by atoms with Crippen molar-refractivity contribution in [3.63, 3.8) is 0 Å². The Morgan fingerprint density at radius 1 is 0.606 bits per heavy atom. The van der Waals surface area contributed by atoms with Gasteiger partial charge < -0.3 is 0 Å². The van der Waals surface area contributed by atoms with Crippen molar-refractivity contribution in [3.05, 3.63) is 115 Å². The predicted molar refractivity (Wildman–Crippen MR) is 158 cm³/mol. The van der Waals surface area contributed by atoms with Crippen LogP contribution in [0, 0.1) is 0 Å². The number of hydrogen-bond donors (Lipinski definition) is 1. The summed E-state index contributed by atoms with van der Waals surface area (Å²) >= 11 is 0. The van der Waals surface area contributed by atoms with Crippen molar-refractivity contribution in [1.82, 2.24) is 0 Å². The molecule has 0 bridgehead atoms. The van der Waals surface area contributed by atoms with E-state index in [9.17, 15) is 5.11 Å². The summed E-state index contributed by atoms with van der Waals surface area (Å²) in [7, 11) is 0. The zero-order valence-electron chi connectivity index (χ0n) is 19.3. The molecule has 0 aromatic heterocycles. The number of likely N-dealkylation sites (N-methyl/N-ethyl adjacent to an activating group) is 1. The molecule has 0 aliphatic heterocycles. The molecule has 2 nitrogen and oxygen atoms in total. The Morgan fingerprint density at radius 2 is 0.970 bits per heavy atom. The van der Waals surface area contributed by atoms with E-state index >= 15 is 0 Å². The van der Waals surface area contributed by atoms with E-state index in [1.807, 2.05) is 0 Å². The molecule has 0 aliphatic rings. The Kier molecular flexibility index (Phi) is 8.33. The van der Waals surface area contributed by atoms with Gasteiger partial charge in [0.05, 0.1) is 0 Å². The first kappa shape index (κ1) is 25.4. The quantitative estimate of drug-likeness (QED) is 0.241. The van der Waals surface area contributed by atoms with Gasteiger partial charge in [0.15, 0.2) is 0 Å². The summed E-state index contributed by atoms with van der Waals surface area (Å²) in [5, 5.41) is 14.9. The molecule has 4 heteroatoms. The minimum absolute atomic E-state index is 0. The van der Waals surface area contributed by atoms with Crippen LogP contribution in [-0.4, -0.2) is 31.5 Å². The van der Waals surface area contributed by atoms with Crippen LogP contribution in [-0.2, 0) is 0 Å². The Labute approximate surface area is 215 Å².